The van der Waals surface area contributed by atoms with Crippen LogP contribution in [0.5, 0.6) is 0 Å². The molecule has 0 radical (unpaired) electrons. The van der Waals surface area contributed by atoms with E-state index in [4.69, 9.17) is 11.5 Å². The molecular weight excluding hydrogens is 214 g/mol. The van der Waals surface area contributed by atoms with E-state index in [0.29, 0.717) is 12.3 Å². The third-order valence-electron chi connectivity index (χ3n) is 2.40. The van der Waals surface area contributed by atoms with Crippen LogP contribution in [-0.4, -0.2) is 35.7 Å². The van der Waals surface area contributed by atoms with Crippen molar-refractivity contribution in [3.8, 4) is 0 Å². The number of nitrogens with two attached hydrogens (primary N) is 2. The van der Waals surface area contributed by atoms with Crippen LogP contribution in [0.1, 0.15) is 20.3 Å². The Morgan fingerprint density at radius 1 is 1.29 bits per heavy atom. The summed E-state index contributed by atoms with van der Waals surface area (Å²) in [6, 6.07) is 0. The Morgan fingerprint density at radius 2 is 1.86 bits per heavy atom. The van der Waals surface area contributed by atoms with Gasteiger partial charge in [-0.25, -0.2) is 0 Å². The summed E-state index contributed by atoms with van der Waals surface area (Å²) >= 11 is 8.44. The molecule has 0 aliphatic heterocycles. The molecule has 5 N–H and O–H groups in total. The highest BCUT2D eigenvalue weighted by molar-refractivity contribution is 7.80. The van der Waals surface area contributed by atoms with Crippen LogP contribution in [-0.2, 0) is 0 Å². The van der Waals surface area contributed by atoms with Gasteiger partial charge in [0.2, 0.25) is 0 Å². The van der Waals surface area contributed by atoms with E-state index < -0.39 is 0 Å². The zero-order chi connectivity index (χ0) is 11.2. The fraction of sp³-hybridized carbons (Fsp3) is 1.00. The molecule has 5 heteroatoms. The monoisotopic (exact) mass is 237 g/mol. The molecule has 0 aromatic heterocycles. The first kappa shape index (κ1) is 14.6. The van der Waals surface area contributed by atoms with Crippen LogP contribution < -0.4 is 16.8 Å². The Balaban J connectivity index is 4.02. The largest absolute Gasteiger partial charge is 0.329 e. The van der Waals surface area contributed by atoms with Gasteiger partial charge in [0.05, 0.1) is 0 Å². The van der Waals surface area contributed by atoms with Crippen LogP contribution >= 0.6 is 25.3 Å². The Morgan fingerprint density at radius 3 is 2.21 bits per heavy atom. The molecule has 0 amide bonds. The van der Waals surface area contributed by atoms with Gasteiger partial charge in [0.15, 0.2) is 0 Å². The molecule has 0 spiro atoms. The van der Waals surface area contributed by atoms with E-state index in [1.165, 1.54) is 0 Å². The first-order valence-electron chi connectivity index (χ1n) is 4.85. The average molecular weight is 237 g/mol. The number of rotatable bonds is 7. The third-order valence-corrected chi connectivity index (χ3v) is 3.32. The normalized spacial score (nSPS) is 20.1. The number of hydrogen-bond acceptors (Lipinski definition) is 5. The topological polar surface area (TPSA) is 64.1 Å². The highest BCUT2D eigenvalue weighted by atomic mass is 32.1. The van der Waals surface area contributed by atoms with Crippen molar-refractivity contribution in [2.75, 3.05) is 24.6 Å². The van der Waals surface area contributed by atoms with Crippen molar-refractivity contribution in [2.24, 2.45) is 11.5 Å². The molecule has 0 aliphatic rings. The second-order valence-electron chi connectivity index (χ2n) is 4.40. The number of nitrogens with one attached hydrogen (secondary N) is 1. The van der Waals surface area contributed by atoms with Gasteiger partial charge < -0.3 is 16.8 Å². The third kappa shape index (κ3) is 5.46. The van der Waals surface area contributed by atoms with Gasteiger partial charge in [-0.05, 0) is 26.0 Å². The highest BCUT2D eigenvalue weighted by Gasteiger charge is 2.24. The van der Waals surface area contributed by atoms with E-state index in [0.717, 1.165) is 18.7 Å². The molecule has 2 unspecified atom stereocenters. The first-order valence-corrected chi connectivity index (χ1v) is 6.11. The van der Waals surface area contributed by atoms with Crippen molar-refractivity contribution >= 4 is 25.3 Å². The maximum atomic E-state index is 6.07. The summed E-state index contributed by atoms with van der Waals surface area (Å²) in [5.41, 5.74) is 11.4. The molecule has 3 nitrogen and oxygen atoms in total. The summed E-state index contributed by atoms with van der Waals surface area (Å²) in [6.07, 6.45) is 0.885. The van der Waals surface area contributed by atoms with Crippen molar-refractivity contribution < 1.29 is 0 Å². The lowest BCUT2D eigenvalue weighted by molar-refractivity contribution is 0.334. The first-order chi connectivity index (χ1) is 6.39. The smallest absolute Gasteiger partial charge is 0.0364 e. The lowest BCUT2D eigenvalue weighted by atomic mass is 9.97. The second-order valence-corrected chi connectivity index (χ2v) is 5.17. The Hall–Kier alpha value is 0.580. The van der Waals surface area contributed by atoms with Crippen molar-refractivity contribution in [1.29, 1.82) is 0 Å². The SMILES string of the molecule is CC(N)(CCS)CNC(C)(CN)CS. The predicted octanol–water partition coefficient (Wildman–Crippen LogP) is 0.261. The molecule has 0 fully saturated rings. The molecule has 14 heavy (non-hydrogen) atoms. The molecule has 0 aromatic rings. The quantitative estimate of drug-likeness (QED) is 0.413. The fourth-order valence-electron chi connectivity index (χ4n) is 0.952. The molecule has 0 heterocycles. The molecule has 0 bridgehead atoms. The van der Waals surface area contributed by atoms with Gasteiger partial charge in [-0.15, -0.1) is 0 Å². The van der Waals surface area contributed by atoms with Gasteiger partial charge >= 0.3 is 0 Å². The van der Waals surface area contributed by atoms with E-state index in [2.05, 4.69) is 37.5 Å². The average Bonchev–Trinajstić information content (AvgIpc) is 2.14. The summed E-state index contributed by atoms with van der Waals surface area (Å²) in [7, 11) is 0. The lowest BCUT2D eigenvalue weighted by Crippen LogP contribution is -2.57. The maximum Gasteiger partial charge on any atom is 0.0364 e. The molecule has 0 saturated heterocycles. The standard InChI is InChI=1S/C9H23N3S2/c1-8(11,3-4-13)6-12-9(2,5-10)7-14/h12-14H,3-7,10-11H2,1-2H3. The number of hydrogen-bond donors (Lipinski definition) is 5. The number of thiol groups is 2. The van der Waals surface area contributed by atoms with Gasteiger partial charge in [-0.1, -0.05) is 0 Å². The molecule has 0 saturated carbocycles. The predicted molar refractivity (Wildman–Crippen MR) is 70.4 cm³/mol. The lowest BCUT2D eigenvalue weighted by Gasteiger charge is -2.33. The van der Waals surface area contributed by atoms with Crippen LogP contribution in [0, 0.1) is 0 Å². The van der Waals surface area contributed by atoms with Crippen LogP contribution in [0.15, 0.2) is 0 Å². The minimum atomic E-state index is -0.221. The van der Waals surface area contributed by atoms with Crippen LogP contribution in [0.2, 0.25) is 0 Å². The van der Waals surface area contributed by atoms with Crippen LogP contribution in [0.4, 0.5) is 0 Å². The van der Waals surface area contributed by atoms with Crippen LogP contribution in [0.3, 0.4) is 0 Å². The van der Waals surface area contributed by atoms with E-state index >= 15 is 0 Å². The zero-order valence-corrected chi connectivity index (χ0v) is 10.9. The van der Waals surface area contributed by atoms with Gasteiger partial charge in [-0.2, -0.15) is 25.3 Å². The molecule has 2 atom stereocenters. The Bertz CT molecular complexity index is 158. The molecule has 0 rings (SSSR count). The molecular formula is C9H23N3S2. The summed E-state index contributed by atoms with van der Waals surface area (Å²) in [5, 5.41) is 3.36. The van der Waals surface area contributed by atoms with Gasteiger partial charge in [0.1, 0.15) is 0 Å². The second kappa shape index (κ2) is 6.23. The Labute approximate surface area is 98.2 Å². The van der Waals surface area contributed by atoms with E-state index in [1.54, 1.807) is 0 Å². The van der Waals surface area contributed by atoms with Crippen molar-refractivity contribution in [2.45, 2.75) is 31.3 Å². The van der Waals surface area contributed by atoms with Crippen molar-refractivity contribution in [1.82, 2.24) is 5.32 Å². The van der Waals surface area contributed by atoms with E-state index in [-0.39, 0.29) is 11.1 Å². The minimum absolute atomic E-state index is 0.125. The fourth-order valence-corrected chi connectivity index (χ4v) is 1.70. The molecule has 0 aromatic carbocycles. The minimum Gasteiger partial charge on any atom is -0.329 e. The van der Waals surface area contributed by atoms with E-state index in [9.17, 15) is 0 Å². The molecule has 86 valence electrons. The summed E-state index contributed by atoms with van der Waals surface area (Å²) < 4.78 is 0. The van der Waals surface area contributed by atoms with Gasteiger partial charge in [0.25, 0.3) is 0 Å². The zero-order valence-electron chi connectivity index (χ0n) is 9.08. The summed E-state index contributed by atoms with van der Waals surface area (Å²) in [6.45, 7) is 5.37. The van der Waals surface area contributed by atoms with Crippen molar-refractivity contribution in [3.05, 3.63) is 0 Å². The maximum absolute atomic E-state index is 6.07. The summed E-state index contributed by atoms with van der Waals surface area (Å²) in [5.74, 6) is 1.51. The highest BCUT2D eigenvalue weighted by Crippen LogP contribution is 2.09. The van der Waals surface area contributed by atoms with Gasteiger partial charge in [-0.3, -0.25) is 0 Å². The Kier molecular flexibility index (Phi) is 6.48. The van der Waals surface area contributed by atoms with Crippen LogP contribution in [0.25, 0.3) is 0 Å². The van der Waals surface area contributed by atoms with Gasteiger partial charge in [0, 0.05) is 29.9 Å². The van der Waals surface area contributed by atoms with Crippen molar-refractivity contribution in [3.63, 3.8) is 0 Å². The molecule has 0 aliphatic carbocycles. The van der Waals surface area contributed by atoms with E-state index in [1.807, 2.05) is 6.92 Å². The summed E-state index contributed by atoms with van der Waals surface area (Å²) in [4.78, 5) is 0.